The normalized spacial score (nSPS) is 10.5. The average Bonchev–Trinajstić information content (AvgIpc) is 2.82. The summed E-state index contributed by atoms with van der Waals surface area (Å²) in [5, 5.41) is 44.0. The van der Waals surface area contributed by atoms with Crippen molar-refractivity contribution in [1.82, 2.24) is 0 Å². The molecule has 4 aromatic carbocycles. The van der Waals surface area contributed by atoms with E-state index >= 15 is 0 Å². The Morgan fingerprint density at radius 1 is 0.649 bits per heavy atom. The van der Waals surface area contributed by atoms with Crippen LogP contribution in [0.3, 0.4) is 0 Å². The molecule has 188 valence electrons. The fraction of sp³-hybridized carbons (Fsp3) is 0.214. The second-order valence-corrected chi connectivity index (χ2v) is 8.54. The largest absolute Gasteiger partial charge is 2.00 e. The smallest absolute Gasteiger partial charge is 0.545 e. The van der Waals surface area contributed by atoms with E-state index < -0.39 is 11.9 Å². The zero-order chi connectivity index (χ0) is 26.6. The van der Waals surface area contributed by atoms with Crippen LogP contribution in [-0.2, 0) is 0 Å². The molecule has 0 fully saturated rings. The van der Waals surface area contributed by atoms with E-state index in [2.05, 4.69) is 0 Å². The van der Waals surface area contributed by atoms with Crippen molar-refractivity contribution in [2.45, 2.75) is 39.9 Å². The van der Waals surface area contributed by atoms with Gasteiger partial charge in [0, 0.05) is 32.7 Å². The molecule has 0 heterocycles. The van der Waals surface area contributed by atoms with Gasteiger partial charge in [-0.05, 0) is 39.8 Å². The Labute approximate surface area is 244 Å². The summed E-state index contributed by atoms with van der Waals surface area (Å²) in [6.45, 7) is 7.39. The van der Waals surface area contributed by atoms with Gasteiger partial charge in [-0.25, -0.2) is 0 Å². The maximum absolute atomic E-state index is 11.0. The molecule has 0 amide bonds. The van der Waals surface area contributed by atoms with E-state index in [1.54, 1.807) is 48.5 Å². The molecule has 0 spiro atoms. The first-order valence-electron chi connectivity index (χ1n) is 11.3. The van der Waals surface area contributed by atoms with Crippen LogP contribution in [0.2, 0.25) is 0 Å². The Morgan fingerprint density at radius 3 is 1.22 bits per heavy atom. The van der Waals surface area contributed by atoms with Gasteiger partial charge in [-0.15, -0.1) is 0 Å². The Morgan fingerprint density at radius 2 is 0.946 bits per heavy atom. The first-order valence-corrected chi connectivity index (χ1v) is 11.3. The van der Waals surface area contributed by atoms with E-state index in [1.807, 2.05) is 27.7 Å². The second kappa shape index (κ2) is 12.9. The molecule has 0 aliphatic carbocycles. The number of fused-ring (bicyclic) bond motifs is 2. The fourth-order valence-corrected chi connectivity index (χ4v) is 3.67. The van der Waals surface area contributed by atoms with Crippen molar-refractivity contribution in [1.29, 1.82) is 0 Å². The molecule has 8 nitrogen and oxygen atoms in total. The quantitative estimate of drug-likeness (QED) is 0.363. The summed E-state index contributed by atoms with van der Waals surface area (Å²) in [6.07, 6.45) is -0.180. The Bertz CT molecular complexity index is 1320. The van der Waals surface area contributed by atoms with Crippen LogP contribution in [-0.4, -0.2) is 72.1 Å². The van der Waals surface area contributed by atoms with Crippen molar-refractivity contribution in [3.63, 3.8) is 0 Å². The minimum Gasteiger partial charge on any atom is -0.545 e. The SMILES string of the molecule is CC(C)Oc1cc(C(=O)[O-])c(O)c2ccccc12.CC(C)Oc1cc(C(=O)[O-])c(O)c2ccccc12.[Ca+2]. The predicted molar refractivity (Wildman–Crippen MR) is 137 cm³/mol. The third kappa shape index (κ3) is 6.97. The van der Waals surface area contributed by atoms with Gasteiger partial charge in [0.05, 0.1) is 24.1 Å². The van der Waals surface area contributed by atoms with Crippen LogP contribution in [0, 0.1) is 0 Å². The number of benzene rings is 4. The molecular formula is C28H26CaO8. The van der Waals surface area contributed by atoms with Gasteiger partial charge in [-0.2, -0.15) is 0 Å². The molecule has 9 heteroatoms. The minimum absolute atomic E-state index is 0. The van der Waals surface area contributed by atoms with Crippen LogP contribution in [0.5, 0.6) is 23.0 Å². The van der Waals surface area contributed by atoms with Crippen molar-refractivity contribution in [2.24, 2.45) is 0 Å². The van der Waals surface area contributed by atoms with E-state index in [-0.39, 0.29) is 72.6 Å². The molecule has 0 aliphatic heterocycles. The van der Waals surface area contributed by atoms with Gasteiger partial charge in [-0.3, -0.25) is 0 Å². The van der Waals surface area contributed by atoms with Crippen molar-refractivity contribution >= 4 is 71.2 Å². The average molecular weight is 531 g/mol. The number of carboxylic acid groups (broad SMARTS) is 2. The number of carboxylic acids is 2. The van der Waals surface area contributed by atoms with Gasteiger partial charge in [0.2, 0.25) is 0 Å². The van der Waals surface area contributed by atoms with Crippen LogP contribution in [0.15, 0.2) is 60.7 Å². The van der Waals surface area contributed by atoms with E-state index in [0.29, 0.717) is 33.0 Å². The number of carbonyl (C=O) groups excluding carboxylic acids is 2. The van der Waals surface area contributed by atoms with Crippen molar-refractivity contribution in [3.8, 4) is 23.0 Å². The van der Waals surface area contributed by atoms with Crippen molar-refractivity contribution in [3.05, 3.63) is 71.8 Å². The molecular weight excluding hydrogens is 504 g/mol. The molecule has 2 N–H and O–H groups in total. The summed E-state index contributed by atoms with van der Waals surface area (Å²) in [5.41, 5.74) is -0.520. The standard InChI is InChI=1S/2C14H14O4.Ca/c2*1-8(2)18-12-7-11(14(16)17)13(15)10-6-4-3-5-9(10)12;/h2*3-8,15H,1-2H3,(H,16,17);/q;;+2/p-2. The molecule has 4 rings (SSSR count). The number of hydrogen-bond acceptors (Lipinski definition) is 8. The number of phenols is 2. The molecule has 0 bridgehead atoms. The summed E-state index contributed by atoms with van der Waals surface area (Å²) < 4.78 is 11.1. The molecule has 37 heavy (non-hydrogen) atoms. The zero-order valence-corrected chi connectivity index (χ0v) is 23.2. The predicted octanol–water partition coefficient (Wildman–Crippen LogP) is 3.01. The Hall–Kier alpha value is -3.20. The van der Waals surface area contributed by atoms with Gasteiger partial charge < -0.3 is 39.5 Å². The summed E-state index contributed by atoms with van der Waals surface area (Å²) in [4.78, 5) is 22.0. The fourth-order valence-electron chi connectivity index (χ4n) is 3.67. The molecule has 0 saturated carbocycles. The first kappa shape index (κ1) is 30.0. The van der Waals surface area contributed by atoms with Crippen LogP contribution in [0.1, 0.15) is 48.4 Å². The van der Waals surface area contributed by atoms with E-state index in [1.165, 1.54) is 12.1 Å². The zero-order valence-electron chi connectivity index (χ0n) is 21.0. The molecule has 0 aliphatic rings. The number of carbonyl (C=O) groups is 2. The molecule has 0 aromatic heterocycles. The van der Waals surface area contributed by atoms with Gasteiger partial charge in [0.15, 0.2) is 0 Å². The molecule has 4 aromatic rings. The summed E-state index contributed by atoms with van der Waals surface area (Å²) in [7, 11) is 0. The maximum atomic E-state index is 11.0. The van der Waals surface area contributed by atoms with Gasteiger partial charge >= 0.3 is 37.7 Å². The summed E-state index contributed by atoms with van der Waals surface area (Å²) >= 11 is 0. The van der Waals surface area contributed by atoms with E-state index in [4.69, 9.17) is 9.47 Å². The van der Waals surface area contributed by atoms with E-state index in [0.717, 1.165) is 0 Å². The van der Waals surface area contributed by atoms with Gasteiger partial charge in [0.1, 0.15) is 23.0 Å². The third-order valence-electron chi connectivity index (χ3n) is 5.12. The van der Waals surface area contributed by atoms with Crippen LogP contribution < -0.4 is 19.7 Å². The minimum atomic E-state index is -1.42. The maximum Gasteiger partial charge on any atom is 2.00 e. The van der Waals surface area contributed by atoms with Gasteiger partial charge in [0.25, 0.3) is 0 Å². The van der Waals surface area contributed by atoms with Crippen LogP contribution >= 0.6 is 0 Å². The Kier molecular flexibility index (Phi) is 10.4. The molecule has 0 unspecified atom stereocenters. The molecule has 0 radical (unpaired) electrons. The molecule has 0 saturated heterocycles. The number of aromatic carboxylic acids is 2. The number of hydrogen-bond donors (Lipinski definition) is 2. The number of rotatable bonds is 6. The Balaban J connectivity index is 0.000000253. The molecule has 0 atom stereocenters. The van der Waals surface area contributed by atoms with Crippen molar-refractivity contribution < 1.29 is 39.5 Å². The number of ether oxygens (including phenoxy) is 2. The topological polar surface area (TPSA) is 139 Å². The van der Waals surface area contributed by atoms with Gasteiger partial charge in [-0.1, -0.05) is 48.5 Å². The first-order chi connectivity index (χ1) is 17.0. The number of aromatic hydroxyl groups is 2. The third-order valence-corrected chi connectivity index (χ3v) is 5.12. The summed E-state index contributed by atoms with van der Waals surface area (Å²) in [6, 6.07) is 16.5. The van der Waals surface area contributed by atoms with E-state index in [9.17, 15) is 30.0 Å². The van der Waals surface area contributed by atoms with Crippen molar-refractivity contribution in [2.75, 3.05) is 0 Å². The van der Waals surface area contributed by atoms with Crippen LogP contribution in [0.4, 0.5) is 0 Å². The van der Waals surface area contributed by atoms with Crippen LogP contribution in [0.25, 0.3) is 21.5 Å². The summed E-state index contributed by atoms with van der Waals surface area (Å²) in [5.74, 6) is -2.57. The monoisotopic (exact) mass is 530 g/mol. The second-order valence-electron chi connectivity index (χ2n) is 8.54.